The van der Waals surface area contributed by atoms with E-state index in [0.29, 0.717) is 24.3 Å². The van der Waals surface area contributed by atoms with Crippen LogP contribution in [-0.2, 0) is 17.9 Å². The van der Waals surface area contributed by atoms with Gasteiger partial charge in [0.2, 0.25) is 0 Å². The van der Waals surface area contributed by atoms with Crippen LogP contribution in [0.2, 0.25) is 0 Å². The summed E-state index contributed by atoms with van der Waals surface area (Å²) in [5, 5.41) is 11.9. The third kappa shape index (κ3) is 5.04. The summed E-state index contributed by atoms with van der Waals surface area (Å²) in [4.78, 5) is 25.2. The van der Waals surface area contributed by atoms with Crippen molar-refractivity contribution in [3.63, 3.8) is 0 Å². The fourth-order valence-electron chi connectivity index (χ4n) is 2.99. The van der Waals surface area contributed by atoms with Crippen LogP contribution >= 0.6 is 9.24 Å². The minimum Gasteiger partial charge on any atom is -0.496 e. The van der Waals surface area contributed by atoms with Crippen molar-refractivity contribution in [2.45, 2.75) is 26.9 Å². The number of anilines is 1. The number of benzene rings is 1. The first-order chi connectivity index (χ1) is 14.4. The van der Waals surface area contributed by atoms with Gasteiger partial charge in [-0.25, -0.2) is 4.79 Å². The summed E-state index contributed by atoms with van der Waals surface area (Å²) in [7, 11) is 4.18. The summed E-state index contributed by atoms with van der Waals surface area (Å²) >= 11 is 0. The van der Waals surface area contributed by atoms with E-state index in [2.05, 4.69) is 24.8 Å². The molecule has 0 bridgehead atoms. The molecule has 3 rings (SSSR count). The van der Waals surface area contributed by atoms with Crippen LogP contribution in [0.5, 0.6) is 5.75 Å². The van der Waals surface area contributed by atoms with Gasteiger partial charge in [0.1, 0.15) is 17.8 Å². The van der Waals surface area contributed by atoms with Crippen LogP contribution in [0.25, 0.3) is 0 Å². The number of rotatable bonds is 8. The Bertz CT molecular complexity index is 1030. The molecule has 0 spiro atoms. The number of amides is 2. The molecule has 0 saturated heterocycles. The molecule has 2 heterocycles. The molecule has 2 amide bonds. The highest BCUT2D eigenvalue weighted by Crippen LogP contribution is 2.17. The molecule has 30 heavy (non-hydrogen) atoms. The van der Waals surface area contributed by atoms with E-state index in [1.54, 1.807) is 24.2 Å². The van der Waals surface area contributed by atoms with Gasteiger partial charge in [-0.15, -0.1) is 9.24 Å². The van der Waals surface area contributed by atoms with Crippen molar-refractivity contribution < 1.29 is 18.8 Å². The van der Waals surface area contributed by atoms with Crippen molar-refractivity contribution in [3.05, 3.63) is 53.2 Å². The average Bonchev–Trinajstić information content (AvgIpc) is 3.30. The van der Waals surface area contributed by atoms with E-state index in [0.717, 1.165) is 27.9 Å². The van der Waals surface area contributed by atoms with E-state index < -0.39 is 6.03 Å². The number of aromatic nitrogens is 3. The topological polar surface area (TPSA) is 102 Å². The number of carbonyl (C=O) groups excluding carboxylic acids is 2. The summed E-state index contributed by atoms with van der Waals surface area (Å²) in [6, 6.07) is 5.22. The fraction of sp³-hybridized carbons (Fsp3) is 0.300. The predicted octanol–water partition coefficient (Wildman–Crippen LogP) is 2.28. The Morgan fingerprint density at radius 1 is 1.40 bits per heavy atom. The summed E-state index contributed by atoms with van der Waals surface area (Å²) in [6.07, 6.45) is 3.97. The Hall–Kier alpha value is -3.19. The molecule has 0 saturated carbocycles. The van der Waals surface area contributed by atoms with E-state index >= 15 is 0 Å². The van der Waals surface area contributed by atoms with Crippen LogP contribution in [0.4, 0.5) is 10.5 Å². The molecule has 0 aliphatic heterocycles. The van der Waals surface area contributed by atoms with Gasteiger partial charge in [-0.05, 0) is 25.5 Å². The minimum absolute atomic E-state index is 0.0377. The molecule has 1 N–H and O–H groups in total. The second-order valence-corrected chi connectivity index (χ2v) is 7.40. The molecule has 1 unspecified atom stereocenters. The Kier molecular flexibility index (Phi) is 6.84. The van der Waals surface area contributed by atoms with Crippen molar-refractivity contribution in [1.29, 1.82) is 0 Å². The third-order valence-corrected chi connectivity index (χ3v) is 5.12. The number of hydrogen-bond acceptors (Lipinski definition) is 6. The zero-order valence-corrected chi connectivity index (χ0v) is 18.2. The second-order valence-electron chi connectivity index (χ2n) is 6.78. The molecule has 2 aromatic heterocycles. The molecule has 0 aliphatic carbocycles. The zero-order chi connectivity index (χ0) is 21.7. The van der Waals surface area contributed by atoms with Gasteiger partial charge in [-0.2, -0.15) is 5.10 Å². The molecular formula is C20H24N5O4P. The normalized spacial score (nSPS) is 10.7. The van der Waals surface area contributed by atoms with E-state index in [9.17, 15) is 9.59 Å². The molecule has 1 atom stereocenters. The van der Waals surface area contributed by atoms with Gasteiger partial charge in [0.15, 0.2) is 0 Å². The van der Waals surface area contributed by atoms with Crippen molar-refractivity contribution >= 4 is 32.5 Å². The Balaban J connectivity index is 1.68. The Morgan fingerprint density at radius 2 is 2.20 bits per heavy atom. The number of methoxy groups -OCH3 is 1. The van der Waals surface area contributed by atoms with Gasteiger partial charge in [0.05, 0.1) is 37.8 Å². The Morgan fingerprint density at radius 3 is 2.87 bits per heavy atom. The fourth-order valence-corrected chi connectivity index (χ4v) is 3.29. The first kappa shape index (κ1) is 21.5. The van der Waals surface area contributed by atoms with Crippen LogP contribution < -0.4 is 15.4 Å². The van der Waals surface area contributed by atoms with Crippen molar-refractivity contribution in [2.75, 3.05) is 19.0 Å². The van der Waals surface area contributed by atoms with Crippen LogP contribution in [0.1, 0.15) is 22.6 Å². The van der Waals surface area contributed by atoms with Gasteiger partial charge >= 0.3 is 6.03 Å². The number of nitrogens with one attached hydrogen (secondary N) is 1. The smallest absolute Gasteiger partial charge is 0.322 e. The molecule has 0 fully saturated rings. The number of aldehydes is 1. The number of carbonyl (C=O) groups is 2. The molecule has 1 aromatic carbocycles. The van der Waals surface area contributed by atoms with E-state index in [4.69, 9.17) is 9.26 Å². The molecule has 9 nitrogen and oxygen atoms in total. The predicted molar refractivity (Wildman–Crippen MR) is 115 cm³/mol. The molecule has 10 heteroatoms. The second kappa shape index (κ2) is 9.54. The Labute approximate surface area is 176 Å². The molecule has 158 valence electrons. The standard InChI is InChI=1S/C20H24N5O4P/c1-13-17(14(2)29-23-13)12-25-11-16(9-21-25)22-20(27)24(6-7-26)10-15-4-5-19(30)18(8-15)28-3/h4-5,7-9,11H,6,10,12,30H2,1-3H3,(H,22,27). The number of nitrogens with zero attached hydrogens (tertiary/aromatic N) is 4. The highest BCUT2D eigenvalue weighted by atomic mass is 31.0. The first-order valence-corrected chi connectivity index (χ1v) is 9.85. The molecular weight excluding hydrogens is 405 g/mol. The van der Waals surface area contributed by atoms with Gasteiger partial charge in [-0.1, -0.05) is 17.3 Å². The summed E-state index contributed by atoms with van der Waals surface area (Å²) in [6.45, 7) is 4.42. The van der Waals surface area contributed by atoms with Gasteiger partial charge in [0, 0.05) is 23.6 Å². The quantitative estimate of drug-likeness (QED) is 0.435. The average molecular weight is 429 g/mol. The lowest BCUT2D eigenvalue weighted by molar-refractivity contribution is -0.108. The van der Waals surface area contributed by atoms with Crippen LogP contribution in [0, 0.1) is 13.8 Å². The number of ether oxygens (including phenoxy) is 1. The monoisotopic (exact) mass is 429 g/mol. The van der Waals surface area contributed by atoms with Crippen molar-refractivity contribution in [3.8, 4) is 5.75 Å². The maximum Gasteiger partial charge on any atom is 0.322 e. The maximum atomic E-state index is 12.7. The lowest BCUT2D eigenvalue weighted by Gasteiger charge is -2.21. The highest BCUT2D eigenvalue weighted by Gasteiger charge is 2.16. The maximum absolute atomic E-state index is 12.7. The first-order valence-electron chi connectivity index (χ1n) is 9.27. The molecule has 3 aromatic rings. The number of hydrogen-bond donors (Lipinski definition) is 1. The van der Waals surface area contributed by atoms with Crippen molar-refractivity contribution in [2.24, 2.45) is 0 Å². The van der Waals surface area contributed by atoms with Crippen LogP contribution in [-0.4, -0.2) is 45.8 Å². The van der Waals surface area contributed by atoms with Gasteiger partial charge < -0.3 is 24.3 Å². The van der Waals surface area contributed by atoms with E-state index in [-0.39, 0.29) is 13.1 Å². The summed E-state index contributed by atoms with van der Waals surface area (Å²) < 4.78 is 12.2. The molecule has 0 radical (unpaired) electrons. The van der Waals surface area contributed by atoms with Crippen LogP contribution in [0.15, 0.2) is 35.1 Å². The lowest BCUT2D eigenvalue weighted by atomic mass is 10.2. The van der Waals surface area contributed by atoms with Gasteiger partial charge in [-0.3, -0.25) is 4.68 Å². The summed E-state index contributed by atoms with van der Waals surface area (Å²) in [5.41, 5.74) is 3.13. The molecule has 0 aliphatic rings. The van der Waals surface area contributed by atoms with Gasteiger partial charge in [0.25, 0.3) is 0 Å². The van der Waals surface area contributed by atoms with Crippen LogP contribution in [0.3, 0.4) is 0 Å². The SMILES string of the molecule is COc1cc(CN(CC=O)C(=O)Nc2cnn(Cc3c(C)noc3C)c2)ccc1P. The number of aryl methyl sites for hydroxylation is 2. The lowest BCUT2D eigenvalue weighted by Crippen LogP contribution is -2.35. The van der Waals surface area contributed by atoms with E-state index in [1.807, 2.05) is 32.0 Å². The summed E-state index contributed by atoms with van der Waals surface area (Å²) in [5.74, 6) is 1.43. The highest BCUT2D eigenvalue weighted by molar-refractivity contribution is 7.27. The number of urea groups is 1. The third-order valence-electron chi connectivity index (χ3n) is 4.64. The van der Waals surface area contributed by atoms with E-state index in [1.165, 1.54) is 4.90 Å². The minimum atomic E-state index is -0.395. The zero-order valence-electron chi connectivity index (χ0n) is 17.1. The van der Waals surface area contributed by atoms with Crippen molar-refractivity contribution in [1.82, 2.24) is 19.8 Å². The largest absolute Gasteiger partial charge is 0.496 e.